The Morgan fingerprint density at radius 3 is 2.50 bits per heavy atom. The van der Waals surface area contributed by atoms with E-state index in [4.69, 9.17) is 9.47 Å². The molecule has 1 aromatic carbocycles. The van der Waals surface area contributed by atoms with Gasteiger partial charge in [-0.15, -0.1) is 0 Å². The summed E-state index contributed by atoms with van der Waals surface area (Å²) in [6.07, 6.45) is 0.930. The molecule has 0 radical (unpaired) electrons. The van der Waals surface area contributed by atoms with Crippen LogP contribution in [0.15, 0.2) is 29.2 Å². The summed E-state index contributed by atoms with van der Waals surface area (Å²) in [6.45, 7) is 6.30. The summed E-state index contributed by atoms with van der Waals surface area (Å²) >= 11 is 0. The SMILES string of the molecule is CCOc1ccc(S(=O)(=O)N2CCC(Oc3cc(C)nc(C)n3)CC2)cc1F. The first kappa shape index (κ1) is 20.5. The molecule has 0 aliphatic carbocycles. The van der Waals surface area contributed by atoms with Crippen LogP contribution < -0.4 is 9.47 Å². The molecule has 28 heavy (non-hydrogen) atoms. The van der Waals surface area contributed by atoms with Gasteiger partial charge in [0.05, 0.1) is 11.5 Å². The van der Waals surface area contributed by atoms with Crippen molar-refractivity contribution in [1.82, 2.24) is 14.3 Å². The average Bonchev–Trinajstić information content (AvgIpc) is 2.63. The lowest BCUT2D eigenvalue weighted by Gasteiger charge is -2.31. The summed E-state index contributed by atoms with van der Waals surface area (Å²) < 4.78 is 52.1. The fraction of sp³-hybridized carbons (Fsp3) is 0.474. The van der Waals surface area contributed by atoms with Gasteiger partial charge in [0.1, 0.15) is 11.9 Å². The van der Waals surface area contributed by atoms with Gasteiger partial charge in [0, 0.05) is 24.8 Å². The van der Waals surface area contributed by atoms with E-state index in [0.29, 0.717) is 44.2 Å². The molecule has 2 heterocycles. The second-order valence-electron chi connectivity index (χ2n) is 6.64. The Morgan fingerprint density at radius 2 is 1.89 bits per heavy atom. The molecule has 1 saturated heterocycles. The maximum Gasteiger partial charge on any atom is 0.243 e. The predicted molar refractivity (Wildman–Crippen MR) is 101 cm³/mol. The van der Waals surface area contributed by atoms with E-state index in [1.54, 1.807) is 19.9 Å². The molecule has 1 aliphatic heterocycles. The monoisotopic (exact) mass is 409 g/mol. The second-order valence-corrected chi connectivity index (χ2v) is 8.58. The third kappa shape index (κ3) is 4.59. The van der Waals surface area contributed by atoms with Gasteiger partial charge in [-0.2, -0.15) is 9.29 Å². The van der Waals surface area contributed by atoms with Crippen LogP contribution in [0.2, 0.25) is 0 Å². The lowest BCUT2D eigenvalue weighted by atomic mass is 10.1. The number of halogens is 1. The fourth-order valence-electron chi connectivity index (χ4n) is 3.17. The molecule has 1 aromatic heterocycles. The number of piperidine rings is 1. The molecule has 1 fully saturated rings. The smallest absolute Gasteiger partial charge is 0.243 e. The Balaban J connectivity index is 1.65. The van der Waals surface area contributed by atoms with Crippen molar-refractivity contribution in [2.75, 3.05) is 19.7 Å². The molecule has 0 N–H and O–H groups in total. The minimum Gasteiger partial charge on any atom is -0.491 e. The maximum atomic E-state index is 14.1. The van der Waals surface area contributed by atoms with Gasteiger partial charge in [0.15, 0.2) is 11.6 Å². The third-order valence-corrected chi connectivity index (χ3v) is 6.37. The van der Waals surface area contributed by atoms with Gasteiger partial charge in [-0.1, -0.05) is 0 Å². The molecule has 0 spiro atoms. The van der Waals surface area contributed by atoms with Crippen molar-refractivity contribution in [3.05, 3.63) is 41.6 Å². The zero-order chi connectivity index (χ0) is 20.3. The van der Waals surface area contributed by atoms with E-state index in [-0.39, 0.29) is 16.7 Å². The van der Waals surface area contributed by atoms with E-state index in [1.807, 2.05) is 6.92 Å². The minimum atomic E-state index is -3.77. The number of sulfonamides is 1. The van der Waals surface area contributed by atoms with Crippen LogP contribution in [0.1, 0.15) is 31.3 Å². The summed E-state index contributed by atoms with van der Waals surface area (Å²) in [5.74, 6) is 0.493. The van der Waals surface area contributed by atoms with Crippen molar-refractivity contribution in [1.29, 1.82) is 0 Å². The van der Waals surface area contributed by atoms with E-state index in [9.17, 15) is 12.8 Å². The van der Waals surface area contributed by atoms with Crippen molar-refractivity contribution >= 4 is 10.0 Å². The van der Waals surface area contributed by atoms with Crippen LogP contribution in [0, 0.1) is 19.7 Å². The van der Waals surface area contributed by atoms with Gasteiger partial charge in [-0.25, -0.2) is 17.8 Å². The molecule has 0 bridgehead atoms. The molecule has 0 unspecified atom stereocenters. The maximum absolute atomic E-state index is 14.1. The molecular formula is C19H24FN3O4S. The standard InChI is InChI=1S/C19H24FN3O4S/c1-4-26-18-6-5-16(12-17(18)20)28(24,25)23-9-7-15(8-10-23)27-19-11-13(2)21-14(3)22-19/h5-6,11-12,15H,4,7-10H2,1-3H3. The van der Waals surface area contributed by atoms with E-state index < -0.39 is 15.8 Å². The van der Waals surface area contributed by atoms with Gasteiger partial charge >= 0.3 is 0 Å². The van der Waals surface area contributed by atoms with Gasteiger partial charge in [0.2, 0.25) is 15.9 Å². The zero-order valence-corrected chi connectivity index (χ0v) is 17.0. The molecule has 0 amide bonds. The molecule has 0 saturated carbocycles. The number of aromatic nitrogens is 2. The van der Waals surface area contributed by atoms with E-state index >= 15 is 0 Å². The van der Waals surface area contributed by atoms with Crippen LogP contribution in [0.4, 0.5) is 4.39 Å². The Kier molecular flexibility index (Phi) is 6.14. The first-order chi connectivity index (χ1) is 13.3. The highest BCUT2D eigenvalue weighted by Gasteiger charge is 2.31. The van der Waals surface area contributed by atoms with E-state index in [1.165, 1.54) is 16.4 Å². The number of rotatable bonds is 6. The van der Waals surface area contributed by atoms with Crippen molar-refractivity contribution in [3.8, 4) is 11.6 Å². The molecule has 0 atom stereocenters. The zero-order valence-electron chi connectivity index (χ0n) is 16.2. The van der Waals surface area contributed by atoms with Crippen LogP contribution in [0.3, 0.4) is 0 Å². The Hall–Kier alpha value is -2.26. The normalized spacial score (nSPS) is 16.1. The number of hydrogen-bond acceptors (Lipinski definition) is 6. The summed E-state index contributed by atoms with van der Waals surface area (Å²) in [4.78, 5) is 8.40. The highest BCUT2D eigenvalue weighted by molar-refractivity contribution is 7.89. The van der Waals surface area contributed by atoms with Crippen LogP contribution in [0.5, 0.6) is 11.6 Å². The topological polar surface area (TPSA) is 81.6 Å². The molecule has 152 valence electrons. The first-order valence-electron chi connectivity index (χ1n) is 9.21. The summed E-state index contributed by atoms with van der Waals surface area (Å²) in [6, 6.07) is 5.49. The summed E-state index contributed by atoms with van der Waals surface area (Å²) in [5.41, 5.74) is 0.819. The highest BCUT2D eigenvalue weighted by atomic mass is 32.2. The third-order valence-electron chi connectivity index (χ3n) is 4.47. The first-order valence-corrected chi connectivity index (χ1v) is 10.6. The highest BCUT2D eigenvalue weighted by Crippen LogP contribution is 2.26. The molecule has 2 aromatic rings. The Bertz CT molecular complexity index is 924. The van der Waals surface area contributed by atoms with Crippen molar-refractivity contribution in [2.24, 2.45) is 0 Å². The molecule has 3 rings (SSSR count). The predicted octanol–water partition coefficient (Wildman–Crippen LogP) is 2.86. The number of hydrogen-bond donors (Lipinski definition) is 0. The fourth-order valence-corrected chi connectivity index (χ4v) is 4.65. The van der Waals surface area contributed by atoms with E-state index in [2.05, 4.69) is 9.97 Å². The number of benzene rings is 1. The van der Waals surface area contributed by atoms with Crippen LogP contribution in [-0.4, -0.2) is 48.5 Å². The van der Waals surface area contributed by atoms with Crippen molar-refractivity contribution in [3.63, 3.8) is 0 Å². The van der Waals surface area contributed by atoms with Gasteiger partial charge in [-0.05, 0) is 51.8 Å². The molecule has 9 heteroatoms. The Labute approximate surface area is 164 Å². The largest absolute Gasteiger partial charge is 0.491 e. The molecular weight excluding hydrogens is 385 g/mol. The van der Waals surface area contributed by atoms with Gasteiger partial charge in [0.25, 0.3) is 0 Å². The number of ether oxygens (including phenoxy) is 2. The minimum absolute atomic E-state index is 0.0454. The van der Waals surface area contributed by atoms with Crippen LogP contribution in [0.25, 0.3) is 0 Å². The lowest BCUT2D eigenvalue weighted by Crippen LogP contribution is -2.41. The molecule has 1 aliphatic rings. The average molecular weight is 409 g/mol. The van der Waals surface area contributed by atoms with Crippen molar-refractivity contribution in [2.45, 2.75) is 44.6 Å². The van der Waals surface area contributed by atoms with Gasteiger partial charge in [-0.3, -0.25) is 0 Å². The number of nitrogens with zero attached hydrogens (tertiary/aromatic N) is 3. The second kappa shape index (κ2) is 8.40. The van der Waals surface area contributed by atoms with Crippen LogP contribution >= 0.6 is 0 Å². The quantitative estimate of drug-likeness (QED) is 0.730. The molecule has 7 nitrogen and oxygen atoms in total. The lowest BCUT2D eigenvalue weighted by molar-refractivity contribution is 0.129. The Morgan fingerprint density at radius 1 is 1.18 bits per heavy atom. The number of aryl methyl sites for hydroxylation is 2. The summed E-state index contributed by atoms with van der Waals surface area (Å²) in [7, 11) is -3.77. The van der Waals surface area contributed by atoms with E-state index in [0.717, 1.165) is 11.8 Å². The summed E-state index contributed by atoms with van der Waals surface area (Å²) in [5, 5.41) is 0. The van der Waals surface area contributed by atoms with Crippen LogP contribution in [-0.2, 0) is 10.0 Å². The van der Waals surface area contributed by atoms with Gasteiger partial charge < -0.3 is 9.47 Å². The van der Waals surface area contributed by atoms with Crippen molar-refractivity contribution < 1.29 is 22.3 Å².